The minimum Gasteiger partial charge on any atom is -0.345 e. The number of pyridine rings is 1. The second-order valence-electron chi connectivity index (χ2n) is 4.19. The van der Waals surface area contributed by atoms with Gasteiger partial charge in [-0.2, -0.15) is 0 Å². The lowest BCUT2D eigenvalue weighted by molar-refractivity contribution is -0.145. The van der Waals surface area contributed by atoms with Crippen molar-refractivity contribution in [2.75, 3.05) is 6.54 Å². The molecule has 0 aliphatic carbocycles. The van der Waals surface area contributed by atoms with Gasteiger partial charge in [-0.05, 0) is 26.0 Å². The van der Waals surface area contributed by atoms with Crippen LogP contribution >= 0.6 is 0 Å². The normalized spacial score (nSPS) is 20.4. The zero-order valence-electron chi connectivity index (χ0n) is 9.93. The van der Waals surface area contributed by atoms with E-state index >= 15 is 0 Å². The first-order valence-electron chi connectivity index (χ1n) is 5.57. The number of carbonyl (C=O) groups is 2. The number of nitrogens with zero attached hydrogens (tertiary/aromatic N) is 2. The number of nitrogens with one attached hydrogen (secondary N) is 1. The molecule has 5 heteroatoms. The molecule has 0 aromatic carbocycles. The van der Waals surface area contributed by atoms with Crippen molar-refractivity contribution >= 4 is 11.8 Å². The Balaban J connectivity index is 2.16. The molecule has 2 amide bonds. The number of hydrogen-bond donors (Lipinski definition) is 1. The van der Waals surface area contributed by atoms with E-state index in [1.165, 1.54) is 0 Å². The van der Waals surface area contributed by atoms with Crippen molar-refractivity contribution in [1.82, 2.24) is 15.2 Å². The van der Waals surface area contributed by atoms with Gasteiger partial charge in [0.05, 0.1) is 18.8 Å². The molecule has 1 fully saturated rings. The Bertz CT molecular complexity index is 459. The van der Waals surface area contributed by atoms with Crippen molar-refractivity contribution in [3.05, 3.63) is 29.6 Å². The Morgan fingerprint density at radius 1 is 1.47 bits per heavy atom. The van der Waals surface area contributed by atoms with Crippen LogP contribution < -0.4 is 5.32 Å². The van der Waals surface area contributed by atoms with E-state index in [2.05, 4.69) is 10.3 Å². The molecule has 1 N–H and O–H groups in total. The Morgan fingerprint density at radius 2 is 2.24 bits per heavy atom. The third kappa shape index (κ3) is 2.43. The van der Waals surface area contributed by atoms with Gasteiger partial charge in [-0.15, -0.1) is 0 Å². The zero-order chi connectivity index (χ0) is 12.4. The quantitative estimate of drug-likeness (QED) is 0.795. The number of rotatable bonds is 2. The van der Waals surface area contributed by atoms with Gasteiger partial charge in [0.15, 0.2) is 0 Å². The van der Waals surface area contributed by atoms with Gasteiger partial charge in [-0.1, -0.05) is 6.07 Å². The molecule has 90 valence electrons. The second-order valence-corrected chi connectivity index (χ2v) is 4.19. The van der Waals surface area contributed by atoms with Gasteiger partial charge in [-0.25, -0.2) is 0 Å². The van der Waals surface area contributed by atoms with Crippen LogP contribution in [0.3, 0.4) is 0 Å². The number of amides is 2. The molecule has 1 unspecified atom stereocenters. The molecule has 0 radical (unpaired) electrons. The summed E-state index contributed by atoms with van der Waals surface area (Å²) in [6.45, 7) is 4.09. The lowest BCUT2D eigenvalue weighted by Crippen LogP contribution is -2.56. The fourth-order valence-electron chi connectivity index (χ4n) is 1.86. The van der Waals surface area contributed by atoms with Gasteiger partial charge < -0.3 is 10.2 Å². The molecule has 2 rings (SSSR count). The highest BCUT2D eigenvalue weighted by Crippen LogP contribution is 2.10. The number of hydrogen-bond acceptors (Lipinski definition) is 3. The molecule has 1 saturated heterocycles. The van der Waals surface area contributed by atoms with Crippen molar-refractivity contribution in [3.8, 4) is 0 Å². The van der Waals surface area contributed by atoms with E-state index in [9.17, 15) is 9.59 Å². The molecule has 1 aliphatic heterocycles. The highest BCUT2D eigenvalue weighted by Gasteiger charge is 2.30. The fourth-order valence-corrected chi connectivity index (χ4v) is 1.86. The summed E-state index contributed by atoms with van der Waals surface area (Å²) in [6.07, 6.45) is 0. The summed E-state index contributed by atoms with van der Waals surface area (Å²) in [6, 6.07) is 5.23. The van der Waals surface area contributed by atoms with E-state index < -0.39 is 6.04 Å². The Hall–Kier alpha value is -1.91. The fraction of sp³-hybridized carbons (Fsp3) is 0.417. The van der Waals surface area contributed by atoms with Crippen molar-refractivity contribution < 1.29 is 9.59 Å². The zero-order valence-corrected chi connectivity index (χ0v) is 9.93. The number of aryl methyl sites for hydroxylation is 1. The van der Waals surface area contributed by atoms with Crippen molar-refractivity contribution in [2.45, 2.75) is 26.4 Å². The van der Waals surface area contributed by atoms with E-state index in [0.29, 0.717) is 6.54 Å². The van der Waals surface area contributed by atoms with Crippen molar-refractivity contribution in [2.24, 2.45) is 0 Å². The standard InChI is InChI=1S/C12H15N3O2/c1-8-4-3-5-10(14-8)7-15-9(2)12(17)13-6-11(15)16/h3-5,9H,6-7H2,1-2H3,(H,13,17). The van der Waals surface area contributed by atoms with Crippen LogP contribution in [0.1, 0.15) is 18.3 Å². The largest absolute Gasteiger partial charge is 0.345 e. The Morgan fingerprint density at radius 3 is 2.94 bits per heavy atom. The van der Waals surface area contributed by atoms with Crippen LogP contribution in [-0.4, -0.2) is 34.3 Å². The van der Waals surface area contributed by atoms with E-state index in [4.69, 9.17) is 0 Å². The maximum absolute atomic E-state index is 11.7. The Labute approximate surface area is 99.8 Å². The van der Waals surface area contributed by atoms with Gasteiger partial charge in [0.1, 0.15) is 6.04 Å². The van der Waals surface area contributed by atoms with Crippen LogP contribution in [-0.2, 0) is 16.1 Å². The molecule has 0 spiro atoms. The highest BCUT2D eigenvalue weighted by molar-refractivity contribution is 5.94. The highest BCUT2D eigenvalue weighted by atomic mass is 16.2. The molecule has 17 heavy (non-hydrogen) atoms. The summed E-state index contributed by atoms with van der Waals surface area (Å²) in [4.78, 5) is 29.1. The third-order valence-electron chi connectivity index (χ3n) is 2.86. The minimum atomic E-state index is -0.432. The van der Waals surface area contributed by atoms with E-state index in [1.807, 2.05) is 25.1 Å². The molecule has 1 aliphatic rings. The summed E-state index contributed by atoms with van der Waals surface area (Å²) in [7, 11) is 0. The predicted octanol–water partition coefficient (Wildman–Crippen LogP) is 0.237. The molecular weight excluding hydrogens is 218 g/mol. The molecule has 0 saturated carbocycles. The molecule has 1 aromatic rings. The molecule has 1 atom stereocenters. The molecule has 2 heterocycles. The van der Waals surface area contributed by atoms with Crippen molar-refractivity contribution in [3.63, 3.8) is 0 Å². The summed E-state index contributed by atoms with van der Waals surface area (Å²) in [5.41, 5.74) is 1.71. The summed E-state index contributed by atoms with van der Waals surface area (Å²) >= 11 is 0. The monoisotopic (exact) mass is 233 g/mol. The van der Waals surface area contributed by atoms with Gasteiger partial charge in [0.2, 0.25) is 11.8 Å². The first kappa shape index (κ1) is 11.6. The molecular formula is C12H15N3O2. The molecule has 0 bridgehead atoms. The average Bonchev–Trinajstić information content (AvgIpc) is 2.30. The van der Waals surface area contributed by atoms with Crippen LogP contribution in [0.2, 0.25) is 0 Å². The lowest BCUT2D eigenvalue weighted by atomic mass is 10.2. The molecule has 1 aromatic heterocycles. The topological polar surface area (TPSA) is 62.3 Å². The number of piperazine rings is 1. The summed E-state index contributed by atoms with van der Waals surface area (Å²) in [5.74, 6) is -0.183. The van der Waals surface area contributed by atoms with Crippen LogP contribution in [0, 0.1) is 6.92 Å². The minimum absolute atomic E-state index is 0.0691. The third-order valence-corrected chi connectivity index (χ3v) is 2.86. The van der Waals surface area contributed by atoms with E-state index in [-0.39, 0.29) is 18.4 Å². The summed E-state index contributed by atoms with van der Waals surface area (Å²) in [5, 5.41) is 2.56. The Kier molecular flexibility index (Phi) is 3.08. The van der Waals surface area contributed by atoms with E-state index in [1.54, 1.807) is 11.8 Å². The van der Waals surface area contributed by atoms with Crippen LogP contribution in [0.25, 0.3) is 0 Å². The lowest BCUT2D eigenvalue weighted by Gasteiger charge is -2.32. The van der Waals surface area contributed by atoms with Gasteiger partial charge >= 0.3 is 0 Å². The van der Waals surface area contributed by atoms with Gasteiger partial charge in [0, 0.05) is 5.69 Å². The summed E-state index contributed by atoms with van der Waals surface area (Å²) < 4.78 is 0. The van der Waals surface area contributed by atoms with E-state index in [0.717, 1.165) is 11.4 Å². The maximum Gasteiger partial charge on any atom is 0.242 e. The average molecular weight is 233 g/mol. The van der Waals surface area contributed by atoms with Crippen molar-refractivity contribution in [1.29, 1.82) is 0 Å². The first-order valence-corrected chi connectivity index (χ1v) is 5.57. The maximum atomic E-state index is 11.7. The predicted molar refractivity (Wildman–Crippen MR) is 62.0 cm³/mol. The number of carbonyl (C=O) groups excluding carboxylic acids is 2. The van der Waals surface area contributed by atoms with Gasteiger partial charge in [0.25, 0.3) is 0 Å². The number of aromatic nitrogens is 1. The van der Waals surface area contributed by atoms with Crippen LogP contribution in [0.5, 0.6) is 0 Å². The van der Waals surface area contributed by atoms with Gasteiger partial charge in [-0.3, -0.25) is 14.6 Å². The van der Waals surface area contributed by atoms with Crippen LogP contribution in [0.4, 0.5) is 0 Å². The first-order chi connectivity index (χ1) is 8.08. The smallest absolute Gasteiger partial charge is 0.242 e. The molecule has 5 nitrogen and oxygen atoms in total. The SMILES string of the molecule is Cc1cccc(CN2C(=O)CNC(=O)C2C)n1. The second kappa shape index (κ2) is 4.53. The van der Waals surface area contributed by atoms with Crippen LogP contribution in [0.15, 0.2) is 18.2 Å².